The Balaban J connectivity index is 2.16. The van der Waals surface area contributed by atoms with E-state index in [2.05, 4.69) is 31.2 Å². The quantitative estimate of drug-likeness (QED) is 0.856. The Hall–Kier alpha value is -0.590. The van der Waals surface area contributed by atoms with Crippen LogP contribution in [-0.4, -0.2) is 41.7 Å². The first-order valence-corrected chi connectivity index (χ1v) is 7.00. The Labute approximate surface area is 119 Å². The van der Waals surface area contributed by atoms with Gasteiger partial charge in [-0.2, -0.15) is 4.98 Å². The maximum atomic E-state index is 6.08. The molecule has 0 bridgehead atoms. The van der Waals surface area contributed by atoms with Crippen molar-refractivity contribution in [3.05, 3.63) is 10.7 Å². The van der Waals surface area contributed by atoms with Gasteiger partial charge in [-0.1, -0.05) is 0 Å². The van der Waals surface area contributed by atoms with Gasteiger partial charge in [0.2, 0.25) is 11.8 Å². The number of halogens is 2. The molecule has 0 aromatic carbocycles. The van der Waals surface area contributed by atoms with Crippen LogP contribution >= 0.6 is 27.5 Å². The Morgan fingerprint density at radius 3 is 2.89 bits per heavy atom. The molecule has 1 aliphatic heterocycles. The van der Waals surface area contributed by atoms with Crippen molar-refractivity contribution in [1.29, 1.82) is 0 Å². The van der Waals surface area contributed by atoms with Crippen LogP contribution in [0.15, 0.2) is 10.7 Å². The third-order valence-corrected chi connectivity index (χ3v) is 4.04. The zero-order valence-electron chi connectivity index (χ0n) is 10.1. The fourth-order valence-corrected chi connectivity index (χ4v) is 2.53. The Morgan fingerprint density at radius 2 is 2.28 bits per heavy atom. The molecule has 2 rings (SSSR count). The number of nitrogens with zero attached hydrogens (tertiary/aromatic N) is 2. The third kappa shape index (κ3) is 3.05. The molecule has 0 amide bonds. The summed E-state index contributed by atoms with van der Waals surface area (Å²) in [4.78, 5) is 8.51. The van der Waals surface area contributed by atoms with E-state index in [1.165, 1.54) is 0 Å². The monoisotopic (exact) mass is 335 g/mol. The summed E-state index contributed by atoms with van der Waals surface area (Å²) in [5.41, 5.74) is -0.196. The van der Waals surface area contributed by atoms with E-state index in [0.717, 1.165) is 17.3 Å². The first-order chi connectivity index (χ1) is 8.69. The second-order valence-corrected chi connectivity index (χ2v) is 5.32. The highest BCUT2D eigenvalue weighted by molar-refractivity contribution is 9.10. The van der Waals surface area contributed by atoms with E-state index in [-0.39, 0.29) is 5.54 Å². The smallest absolute Gasteiger partial charge is 0.232 e. The summed E-state index contributed by atoms with van der Waals surface area (Å²) < 4.78 is 11.2. The van der Waals surface area contributed by atoms with Gasteiger partial charge in [0.15, 0.2) is 0 Å². The SMILES string of the molecule is COc1nc(NC2(CCl)CCOCC2)ncc1Br. The van der Waals surface area contributed by atoms with E-state index in [1.54, 1.807) is 13.3 Å². The summed E-state index contributed by atoms with van der Waals surface area (Å²) in [6, 6.07) is 0. The molecule has 100 valence electrons. The lowest BCUT2D eigenvalue weighted by molar-refractivity contribution is 0.0665. The van der Waals surface area contributed by atoms with Crippen molar-refractivity contribution in [1.82, 2.24) is 9.97 Å². The molecule has 0 radical (unpaired) electrons. The summed E-state index contributed by atoms with van der Waals surface area (Å²) in [5.74, 6) is 1.53. The van der Waals surface area contributed by atoms with Crippen molar-refractivity contribution in [3.8, 4) is 5.88 Å². The molecular formula is C11H15BrClN3O2. The molecule has 2 heterocycles. The van der Waals surface area contributed by atoms with Gasteiger partial charge in [-0.3, -0.25) is 0 Å². The first kappa shape index (κ1) is 13.8. The predicted octanol–water partition coefficient (Wildman–Crippen LogP) is 2.45. The molecule has 18 heavy (non-hydrogen) atoms. The number of hydrogen-bond acceptors (Lipinski definition) is 5. The topological polar surface area (TPSA) is 56.3 Å². The Morgan fingerprint density at radius 1 is 1.56 bits per heavy atom. The summed E-state index contributed by atoms with van der Waals surface area (Å²) in [6.45, 7) is 1.40. The van der Waals surface area contributed by atoms with Crippen molar-refractivity contribution in [2.45, 2.75) is 18.4 Å². The molecule has 0 atom stereocenters. The summed E-state index contributed by atoms with van der Waals surface area (Å²) >= 11 is 9.40. The number of anilines is 1. The van der Waals surface area contributed by atoms with E-state index in [4.69, 9.17) is 21.1 Å². The predicted molar refractivity (Wildman–Crippen MR) is 73.4 cm³/mol. The van der Waals surface area contributed by atoms with Crippen molar-refractivity contribution < 1.29 is 9.47 Å². The number of alkyl halides is 1. The second kappa shape index (κ2) is 6.04. The number of rotatable bonds is 4. The van der Waals surface area contributed by atoms with Crippen LogP contribution in [0.1, 0.15) is 12.8 Å². The summed E-state index contributed by atoms with van der Waals surface area (Å²) in [5, 5.41) is 3.31. The van der Waals surface area contributed by atoms with Crippen molar-refractivity contribution >= 4 is 33.5 Å². The van der Waals surface area contributed by atoms with Crippen LogP contribution < -0.4 is 10.1 Å². The molecule has 7 heteroatoms. The molecule has 1 aromatic heterocycles. The zero-order valence-corrected chi connectivity index (χ0v) is 12.4. The van der Waals surface area contributed by atoms with Crippen LogP contribution in [0.2, 0.25) is 0 Å². The Kier molecular flexibility index (Phi) is 4.64. The molecule has 0 spiro atoms. The van der Waals surface area contributed by atoms with Crippen molar-refractivity contribution in [2.24, 2.45) is 0 Å². The lowest BCUT2D eigenvalue weighted by Crippen LogP contribution is -2.45. The fraction of sp³-hybridized carbons (Fsp3) is 0.636. The first-order valence-electron chi connectivity index (χ1n) is 5.67. The van der Waals surface area contributed by atoms with Crippen molar-refractivity contribution in [3.63, 3.8) is 0 Å². The third-order valence-electron chi connectivity index (χ3n) is 2.99. The van der Waals surface area contributed by atoms with Crippen LogP contribution in [0.25, 0.3) is 0 Å². The number of ether oxygens (including phenoxy) is 2. The van der Waals surface area contributed by atoms with Crippen LogP contribution in [0.3, 0.4) is 0 Å². The highest BCUT2D eigenvalue weighted by Crippen LogP contribution is 2.28. The summed E-state index contributed by atoms with van der Waals surface area (Å²) in [6.07, 6.45) is 3.35. The van der Waals surface area contributed by atoms with Gasteiger partial charge >= 0.3 is 0 Å². The van der Waals surface area contributed by atoms with Gasteiger partial charge in [0.1, 0.15) is 0 Å². The number of aromatic nitrogens is 2. The van der Waals surface area contributed by atoms with Gasteiger partial charge in [0.25, 0.3) is 0 Å². The van der Waals surface area contributed by atoms with Gasteiger partial charge in [-0.25, -0.2) is 4.98 Å². The minimum atomic E-state index is -0.196. The number of hydrogen-bond donors (Lipinski definition) is 1. The molecule has 0 aliphatic carbocycles. The lowest BCUT2D eigenvalue weighted by atomic mass is 9.92. The van der Waals surface area contributed by atoms with Crippen LogP contribution in [0.4, 0.5) is 5.95 Å². The molecule has 1 fully saturated rings. The molecule has 0 unspecified atom stereocenters. The van der Waals surface area contributed by atoms with E-state index in [0.29, 0.717) is 30.9 Å². The Bertz CT molecular complexity index is 413. The van der Waals surface area contributed by atoms with Gasteiger partial charge in [-0.05, 0) is 28.8 Å². The zero-order chi connectivity index (χ0) is 13.0. The largest absolute Gasteiger partial charge is 0.480 e. The minimum absolute atomic E-state index is 0.196. The maximum Gasteiger partial charge on any atom is 0.232 e. The van der Waals surface area contributed by atoms with E-state index in [9.17, 15) is 0 Å². The van der Waals surface area contributed by atoms with Crippen molar-refractivity contribution in [2.75, 3.05) is 31.5 Å². The molecule has 1 aliphatic rings. The average molecular weight is 337 g/mol. The van der Waals surface area contributed by atoms with Gasteiger partial charge in [-0.15, -0.1) is 11.6 Å². The van der Waals surface area contributed by atoms with Gasteiger partial charge in [0.05, 0.1) is 23.3 Å². The molecule has 1 aromatic rings. The van der Waals surface area contributed by atoms with Gasteiger partial charge in [0, 0.05) is 19.1 Å². The molecule has 0 saturated carbocycles. The lowest BCUT2D eigenvalue weighted by Gasteiger charge is -2.36. The molecule has 1 saturated heterocycles. The van der Waals surface area contributed by atoms with E-state index >= 15 is 0 Å². The number of nitrogens with one attached hydrogen (secondary N) is 1. The molecule has 5 nitrogen and oxygen atoms in total. The number of methoxy groups -OCH3 is 1. The second-order valence-electron chi connectivity index (χ2n) is 4.20. The minimum Gasteiger partial charge on any atom is -0.480 e. The summed E-state index contributed by atoms with van der Waals surface area (Å²) in [7, 11) is 1.57. The molecular weight excluding hydrogens is 321 g/mol. The van der Waals surface area contributed by atoms with Gasteiger partial charge < -0.3 is 14.8 Å². The van der Waals surface area contributed by atoms with Crippen LogP contribution in [0.5, 0.6) is 5.88 Å². The van der Waals surface area contributed by atoms with Crippen LogP contribution in [0, 0.1) is 0 Å². The highest BCUT2D eigenvalue weighted by atomic mass is 79.9. The van der Waals surface area contributed by atoms with E-state index in [1.807, 2.05) is 0 Å². The van der Waals surface area contributed by atoms with Crippen LogP contribution in [-0.2, 0) is 4.74 Å². The standard InChI is InChI=1S/C11H15BrClN3O2/c1-17-9-8(12)6-14-10(15-9)16-11(7-13)2-4-18-5-3-11/h6H,2-5,7H2,1H3,(H,14,15,16). The highest BCUT2D eigenvalue weighted by Gasteiger charge is 2.32. The average Bonchev–Trinajstić information content (AvgIpc) is 2.42. The van der Waals surface area contributed by atoms with E-state index < -0.39 is 0 Å². The maximum absolute atomic E-state index is 6.08. The molecule has 1 N–H and O–H groups in total. The normalized spacial score (nSPS) is 18.4. The fourth-order valence-electron chi connectivity index (χ4n) is 1.85.